The number of hydrogen-bond donors (Lipinski definition) is 1. The van der Waals surface area contributed by atoms with Crippen molar-refractivity contribution < 1.29 is 9.53 Å². The second kappa shape index (κ2) is 4.18. The zero-order valence-corrected chi connectivity index (χ0v) is 8.88. The molecule has 4 heteroatoms. The normalized spacial score (nSPS) is 12.3. The molecular weight excluding hydrogens is 204 g/mol. The Labute approximate surface area is 93.0 Å². The lowest BCUT2D eigenvalue weighted by molar-refractivity contribution is -0.123. The van der Waals surface area contributed by atoms with Crippen LogP contribution in [0.15, 0.2) is 36.5 Å². The first-order valence-electron chi connectivity index (χ1n) is 4.98. The van der Waals surface area contributed by atoms with Crippen LogP contribution in [0.25, 0.3) is 10.9 Å². The van der Waals surface area contributed by atoms with E-state index >= 15 is 0 Å². The highest BCUT2D eigenvalue weighted by Gasteiger charge is 2.12. The molecule has 82 valence electrons. The number of benzene rings is 1. The number of nitrogens with zero attached hydrogens (tertiary/aromatic N) is 1. The fourth-order valence-corrected chi connectivity index (χ4v) is 1.42. The molecule has 0 spiro atoms. The van der Waals surface area contributed by atoms with Gasteiger partial charge in [0.15, 0.2) is 6.10 Å². The van der Waals surface area contributed by atoms with Gasteiger partial charge in [-0.3, -0.25) is 9.78 Å². The molecule has 0 radical (unpaired) electrons. The second-order valence-corrected chi connectivity index (χ2v) is 3.49. The lowest BCUT2D eigenvalue weighted by Gasteiger charge is -2.12. The topological polar surface area (TPSA) is 65.2 Å². The summed E-state index contributed by atoms with van der Waals surface area (Å²) < 4.78 is 5.45. The van der Waals surface area contributed by atoms with Crippen LogP contribution in [0.3, 0.4) is 0 Å². The second-order valence-electron chi connectivity index (χ2n) is 3.49. The molecule has 1 heterocycles. The summed E-state index contributed by atoms with van der Waals surface area (Å²) in [5.41, 5.74) is 5.88. The number of fused-ring (bicyclic) bond motifs is 1. The molecule has 1 aromatic carbocycles. The predicted molar refractivity (Wildman–Crippen MR) is 61.0 cm³/mol. The fourth-order valence-electron chi connectivity index (χ4n) is 1.42. The predicted octanol–water partition coefficient (Wildman–Crippen LogP) is 1.49. The molecule has 0 aliphatic carbocycles. The summed E-state index contributed by atoms with van der Waals surface area (Å²) in [6, 6.07) is 9.35. The number of ether oxygens (including phenoxy) is 1. The molecule has 4 nitrogen and oxygen atoms in total. The summed E-state index contributed by atoms with van der Waals surface area (Å²) in [6.45, 7) is 1.62. The SMILES string of the molecule is CC(Oc1cccc2cccnc12)C(N)=O. The highest BCUT2D eigenvalue weighted by Crippen LogP contribution is 2.23. The van der Waals surface area contributed by atoms with Crippen LogP contribution in [0.2, 0.25) is 0 Å². The Morgan fingerprint density at radius 2 is 2.12 bits per heavy atom. The quantitative estimate of drug-likeness (QED) is 0.845. The first kappa shape index (κ1) is 10.4. The Bertz CT molecular complexity index is 520. The minimum absolute atomic E-state index is 0.493. The molecule has 0 aliphatic rings. The maximum absolute atomic E-state index is 10.9. The van der Waals surface area contributed by atoms with E-state index in [2.05, 4.69) is 4.98 Å². The van der Waals surface area contributed by atoms with Gasteiger partial charge in [-0.2, -0.15) is 0 Å². The number of primary amides is 1. The van der Waals surface area contributed by atoms with Crippen molar-refractivity contribution in [1.29, 1.82) is 0 Å². The monoisotopic (exact) mass is 216 g/mol. The number of rotatable bonds is 3. The minimum Gasteiger partial charge on any atom is -0.479 e. The van der Waals surface area contributed by atoms with E-state index < -0.39 is 12.0 Å². The molecule has 0 fully saturated rings. The number of pyridine rings is 1. The third-order valence-electron chi connectivity index (χ3n) is 2.30. The molecule has 1 unspecified atom stereocenters. The van der Waals surface area contributed by atoms with Crippen molar-refractivity contribution in [3.8, 4) is 5.75 Å². The maximum Gasteiger partial charge on any atom is 0.258 e. The Morgan fingerprint density at radius 3 is 2.88 bits per heavy atom. The van der Waals surface area contributed by atoms with Crippen molar-refractivity contribution in [2.24, 2.45) is 5.73 Å². The highest BCUT2D eigenvalue weighted by atomic mass is 16.5. The summed E-state index contributed by atoms with van der Waals surface area (Å²) >= 11 is 0. The van der Waals surface area contributed by atoms with Crippen molar-refractivity contribution in [3.05, 3.63) is 36.5 Å². The fraction of sp³-hybridized carbons (Fsp3) is 0.167. The number of aromatic nitrogens is 1. The molecule has 0 saturated carbocycles. The van der Waals surface area contributed by atoms with Crippen LogP contribution in [-0.2, 0) is 4.79 Å². The molecule has 2 aromatic rings. The van der Waals surface area contributed by atoms with Gasteiger partial charge in [0, 0.05) is 11.6 Å². The van der Waals surface area contributed by atoms with Gasteiger partial charge in [-0.15, -0.1) is 0 Å². The molecule has 1 aromatic heterocycles. The first-order chi connectivity index (χ1) is 7.68. The maximum atomic E-state index is 10.9. The van der Waals surface area contributed by atoms with E-state index in [9.17, 15) is 4.79 Å². The molecule has 0 aliphatic heterocycles. The van der Waals surface area contributed by atoms with Gasteiger partial charge >= 0.3 is 0 Å². The molecule has 2 N–H and O–H groups in total. The number of para-hydroxylation sites is 1. The molecule has 2 rings (SSSR count). The summed E-state index contributed by atoms with van der Waals surface area (Å²) in [7, 11) is 0. The Hall–Kier alpha value is -2.10. The van der Waals surface area contributed by atoms with Crippen molar-refractivity contribution in [1.82, 2.24) is 4.98 Å². The van der Waals surface area contributed by atoms with Crippen LogP contribution in [-0.4, -0.2) is 17.0 Å². The summed E-state index contributed by atoms with van der Waals surface area (Å²) in [6.07, 6.45) is 1.03. The largest absolute Gasteiger partial charge is 0.479 e. The average Bonchev–Trinajstić information content (AvgIpc) is 2.29. The molecule has 0 bridgehead atoms. The Morgan fingerprint density at radius 1 is 1.38 bits per heavy atom. The van der Waals surface area contributed by atoms with Crippen molar-refractivity contribution in [3.63, 3.8) is 0 Å². The highest BCUT2D eigenvalue weighted by molar-refractivity contribution is 5.85. The van der Waals surface area contributed by atoms with Crippen LogP contribution in [0.1, 0.15) is 6.92 Å². The van der Waals surface area contributed by atoms with Crippen LogP contribution < -0.4 is 10.5 Å². The van der Waals surface area contributed by atoms with Gasteiger partial charge in [0.1, 0.15) is 11.3 Å². The third kappa shape index (κ3) is 1.95. The van der Waals surface area contributed by atoms with Gasteiger partial charge < -0.3 is 10.5 Å². The summed E-state index contributed by atoms with van der Waals surface area (Å²) in [5.74, 6) is 0.0809. The number of carbonyl (C=O) groups excluding carboxylic acids is 1. The molecule has 1 atom stereocenters. The van der Waals surface area contributed by atoms with Crippen LogP contribution in [0.4, 0.5) is 0 Å². The lowest BCUT2D eigenvalue weighted by Crippen LogP contribution is -2.30. The van der Waals surface area contributed by atoms with E-state index in [1.165, 1.54) is 0 Å². The summed E-state index contributed by atoms with van der Waals surface area (Å²) in [4.78, 5) is 15.1. The van der Waals surface area contributed by atoms with Gasteiger partial charge in [-0.1, -0.05) is 18.2 Å². The van der Waals surface area contributed by atoms with Gasteiger partial charge in [-0.05, 0) is 19.1 Å². The zero-order chi connectivity index (χ0) is 11.5. The first-order valence-corrected chi connectivity index (χ1v) is 4.98. The van der Waals surface area contributed by atoms with Crippen LogP contribution >= 0.6 is 0 Å². The minimum atomic E-state index is -0.660. The van der Waals surface area contributed by atoms with E-state index in [1.54, 1.807) is 19.2 Å². The van der Waals surface area contributed by atoms with Gasteiger partial charge in [0.2, 0.25) is 0 Å². The standard InChI is InChI=1S/C12H12N2O2/c1-8(12(13)15)16-10-6-2-4-9-5-3-7-14-11(9)10/h2-8H,1H3,(H2,13,15). The smallest absolute Gasteiger partial charge is 0.258 e. The van der Waals surface area contributed by atoms with E-state index in [0.29, 0.717) is 5.75 Å². The Balaban J connectivity index is 2.41. The molecule has 0 saturated heterocycles. The number of hydrogen-bond acceptors (Lipinski definition) is 3. The van der Waals surface area contributed by atoms with Crippen molar-refractivity contribution in [2.45, 2.75) is 13.0 Å². The van der Waals surface area contributed by atoms with Crippen molar-refractivity contribution in [2.75, 3.05) is 0 Å². The van der Waals surface area contributed by atoms with E-state index in [0.717, 1.165) is 10.9 Å². The third-order valence-corrected chi connectivity index (χ3v) is 2.30. The number of amides is 1. The van der Waals surface area contributed by atoms with E-state index in [-0.39, 0.29) is 0 Å². The summed E-state index contributed by atoms with van der Waals surface area (Å²) in [5, 5.41) is 0.969. The van der Waals surface area contributed by atoms with E-state index in [1.807, 2.05) is 24.3 Å². The zero-order valence-electron chi connectivity index (χ0n) is 8.88. The molecule has 1 amide bonds. The van der Waals surface area contributed by atoms with Crippen LogP contribution in [0.5, 0.6) is 5.75 Å². The Kier molecular flexibility index (Phi) is 2.72. The van der Waals surface area contributed by atoms with Crippen LogP contribution in [0, 0.1) is 0 Å². The number of nitrogens with two attached hydrogens (primary N) is 1. The van der Waals surface area contributed by atoms with Gasteiger partial charge in [0.05, 0.1) is 0 Å². The number of carbonyl (C=O) groups is 1. The van der Waals surface area contributed by atoms with E-state index in [4.69, 9.17) is 10.5 Å². The van der Waals surface area contributed by atoms with Gasteiger partial charge in [-0.25, -0.2) is 0 Å². The molecular formula is C12H12N2O2. The lowest BCUT2D eigenvalue weighted by atomic mass is 10.2. The van der Waals surface area contributed by atoms with Gasteiger partial charge in [0.25, 0.3) is 5.91 Å². The average molecular weight is 216 g/mol. The van der Waals surface area contributed by atoms with Crippen molar-refractivity contribution >= 4 is 16.8 Å². The molecule has 16 heavy (non-hydrogen) atoms.